The molecule has 0 aromatic rings. The zero-order valence-corrected chi connectivity index (χ0v) is 12.8. The second kappa shape index (κ2) is 7.47. The first-order chi connectivity index (χ1) is 9.38. The maximum atomic E-state index is 12.5. The Balaban J connectivity index is 2.63. The van der Waals surface area contributed by atoms with Crippen LogP contribution in [0.15, 0.2) is 0 Å². The number of carbonyl (C=O) groups excluding carboxylic acids is 1. The van der Waals surface area contributed by atoms with Crippen molar-refractivity contribution in [2.24, 2.45) is 11.8 Å². The molecule has 6 nitrogen and oxygen atoms in total. The molecule has 0 saturated heterocycles. The Morgan fingerprint density at radius 2 is 1.95 bits per heavy atom. The normalized spacial score (nSPS) is 17.4. The second-order valence-electron chi connectivity index (χ2n) is 5.67. The van der Waals surface area contributed by atoms with Gasteiger partial charge < -0.3 is 19.6 Å². The van der Waals surface area contributed by atoms with Crippen LogP contribution in [0, 0.1) is 11.8 Å². The summed E-state index contributed by atoms with van der Waals surface area (Å²) in [4.78, 5) is 26.7. The van der Waals surface area contributed by atoms with E-state index in [9.17, 15) is 9.59 Å². The smallest absolute Gasteiger partial charge is 0.320 e. The predicted octanol–water partition coefficient (Wildman–Crippen LogP) is 1.51. The van der Waals surface area contributed by atoms with Gasteiger partial charge in [-0.2, -0.15) is 0 Å². The quantitative estimate of drug-likeness (QED) is 0.734. The maximum absolute atomic E-state index is 12.5. The lowest BCUT2D eigenvalue weighted by atomic mass is 10.1. The third kappa shape index (κ3) is 4.67. The molecule has 0 radical (unpaired) electrons. The van der Waals surface area contributed by atoms with Crippen LogP contribution in [0.1, 0.15) is 26.7 Å². The van der Waals surface area contributed by atoms with Crippen LogP contribution in [0.5, 0.6) is 0 Å². The van der Waals surface area contributed by atoms with Crippen LogP contribution in [0.4, 0.5) is 4.79 Å². The minimum Gasteiger partial charge on any atom is -0.481 e. The first kappa shape index (κ1) is 16.8. The molecule has 1 N–H and O–H groups in total. The molecule has 0 aromatic carbocycles. The van der Waals surface area contributed by atoms with Gasteiger partial charge in [-0.1, -0.05) is 6.92 Å². The van der Waals surface area contributed by atoms with Crippen LogP contribution in [0.25, 0.3) is 0 Å². The van der Waals surface area contributed by atoms with E-state index in [-0.39, 0.29) is 18.6 Å². The number of aliphatic carboxylic acids is 1. The Kier molecular flexibility index (Phi) is 6.26. The van der Waals surface area contributed by atoms with E-state index in [4.69, 9.17) is 9.84 Å². The number of rotatable bonds is 8. The van der Waals surface area contributed by atoms with E-state index < -0.39 is 11.9 Å². The number of carbonyl (C=O) groups is 2. The first-order valence-corrected chi connectivity index (χ1v) is 7.12. The van der Waals surface area contributed by atoms with Crippen molar-refractivity contribution in [3.05, 3.63) is 0 Å². The van der Waals surface area contributed by atoms with Gasteiger partial charge in [-0.15, -0.1) is 0 Å². The largest absolute Gasteiger partial charge is 0.481 e. The van der Waals surface area contributed by atoms with Gasteiger partial charge in [0.2, 0.25) is 0 Å². The summed E-state index contributed by atoms with van der Waals surface area (Å²) in [5.74, 6) is -0.881. The Morgan fingerprint density at radius 1 is 1.35 bits per heavy atom. The van der Waals surface area contributed by atoms with Crippen LogP contribution in [0.2, 0.25) is 0 Å². The molecule has 116 valence electrons. The summed E-state index contributed by atoms with van der Waals surface area (Å²) in [6, 6.07) is 0.0646. The molecule has 0 aliphatic heterocycles. The highest BCUT2D eigenvalue weighted by molar-refractivity contribution is 5.76. The molecule has 1 rings (SSSR count). The molecule has 1 aliphatic carbocycles. The fourth-order valence-corrected chi connectivity index (χ4v) is 2.28. The minimum absolute atomic E-state index is 0.116. The molecule has 0 heterocycles. The topological polar surface area (TPSA) is 70.1 Å². The monoisotopic (exact) mass is 286 g/mol. The zero-order chi connectivity index (χ0) is 15.3. The number of carboxylic acid groups (broad SMARTS) is 1. The Bertz CT molecular complexity index is 344. The molecule has 2 atom stereocenters. The lowest BCUT2D eigenvalue weighted by molar-refractivity contribution is -0.141. The molecular weight excluding hydrogens is 260 g/mol. The van der Waals surface area contributed by atoms with Crippen molar-refractivity contribution >= 4 is 12.0 Å². The van der Waals surface area contributed by atoms with Crippen molar-refractivity contribution in [1.29, 1.82) is 0 Å². The summed E-state index contributed by atoms with van der Waals surface area (Å²) in [6.07, 6.45) is 2.32. The van der Waals surface area contributed by atoms with Gasteiger partial charge in [-0.05, 0) is 25.7 Å². The molecule has 6 heteroatoms. The Hall–Kier alpha value is -1.30. The number of carboxylic acids is 1. The van der Waals surface area contributed by atoms with E-state index in [2.05, 4.69) is 6.92 Å². The SMILES string of the molecule is COCCN(C(=O)N(C)CC(C)C(=O)O)C(C)C1CC1. The van der Waals surface area contributed by atoms with Crippen molar-refractivity contribution in [3.63, 3.8) is 0 Å². The summed E-state index contributed by atoms with van der Waals surface area (Å²) < 4.78 is 5.07. The van der Waals surface area contributed by atoms with Gasteiger partial charge in [-0.3, -0.25) is 4.79 Å². The number of hydrogen-bond donors (Lipinski definition) is 1. The van der Waals surface area contributed by atoms with Crippen LogP contribution >= 0.6 is 0 Å². The number of nitrogens with zero attached hydrogens (tertiary/aromatic N) is 2. The first-order valence-electron chi connectivity index (χ1n) is 7.12. The fourth-order valence-electron chi connectivity index (χ4n) is 2.28. The van der Waals surface area contributed by atoms with Gasteiger partial charge in [0, 0.05) is 33.3 Å². The van der Waals surface area contributed by atoms with Gasteiger partial charge in [0.25, 0.3) is 0 Å². The van der Waals surface area contributed by atoms with Crippen molar-refractivity contribution < 1.29 is 19.4 Å². The Labute approximate surface area is 120 Å². The van der Waals surface area contributed by atoms with E-state index in [0.29, 0.717) is 19.1 Å². The van der Waals surface area contributed by atoms with E-state index >= 15 is 0 Å². The molecule has 1 aliphatic rings. The van der Waals surface area contributed by atoms with Crippen LogP contribution in [0.3, 0.4) is 0 Å². The molecular formula is C14H26N2O4. The fraction of sp³-hybridized carbons (Fsp3) is 0.857. The van der Waals surface area contributed by atoms with Crippen LogP contribution < -0.4 is 0 Å². The van der Waals surface area contributed by atoms with Crippen molar-refractivity contribution in [3.8, 4) is 0 Å². The van der Waals surface area contributed by atoms with Crippen molar-refractivity contribution in [2.75, 3.05) is 33.9 Å². The summed E-state index contributed by atoms with van der Waals surface area (Å²) in [7, 11) is 3.27. The highest BCUT2D eigenvalue weighted by Crippen LogP contribution is 2.35. The molecule has 1 saturated carbocycles. The van der Waals surface area contributed by atoms with Crippen molar-refractivity contribution in [2.45, 2.75) is 32.7 Å². The highest BCUT2D eigenvalue weighted by Gasteiger charge is 2.35. The lowest BCUT2D eigenvalue weighted by Crippen LogP contribution is -2.49. The summed E-state index contributed by atoms with van der Waals surface area (Å²) in [6.45, 7) is 4.91. The van der Waals surface area contributed by atoms with Gasteiger partial charge in [0.05, 0.1) is 12.5 Å². The molecule has 1 fully saturated rings. The third-order valence-corrected chi connectivity index (χ3v) is 3.87. The average Bonchev–Trinajstić information content (AvgIpc) is 3.22. The summed E-state index contributed by atoms with van der Waals surface area (Å²) >= 11 is 0. The van der Waals surface area contributed by atoms with E-state index in [1.807, 2.05) is 0 Å². The van der Waals surface area contributed by atoms with Crippen LogP contribution in [-0.2, 0) is 9.53 Å². The molecule has 0 bridgehead atoms. The van der Waals surface area contributed by atoms with E-state index in [0.717, 1.165) is 12.8 Å². The molecule has 2 unspecified atom stereocenters. The zero-order valence-electron chi connectivity index (χ0n) is 12.8. The van der Waals surface area contributed by atoms with Gasteiger partial charge in [-0.25, -0.2) is 4.79 Å². The number of urea groups is 1. The van der Waals surface area contributed by atoms with E-state index in [1.165, 1.54) is 4.90 Å². The average molecular weight is 286 g/mol. The molecule has 0 aromatic heterocycles. The number of hydrogen-bond acceptors (Lipinski definition) is 3. The van der Waals surface area contributed by atoms with E-state index in [1.54, 1.807) is 26.0 Å². The standard InChI is InChI=1S/C14H26N2O4/c1-10(13(17)18)9-15(3)14(19)16(7-8-20-4)11(2)12-5-6-12/h10-12H,5-9H2,1-4H3,(H,17,18). The summed E-state index contributed by atoms with van der Waals surface area (Å²) in [5.41, 5.74) is 0. The number of amides is 2. The second-order valence-corrected chi connectivity index (χ2v) is 5.67. The number of ether oxygens (including phenoxy) is 1. The molecule has 2 amide bonds. The Morgan fingerprint density at radius 3 is 2.40 bits per heavy atom. The van der Waals surface area contributed by atoms with Crippen molar-refractivity contribution in [1.82, 2.24) is 9.80 Å². The molecule has 20 heavy (non-hydrogen) atoms. The highest BCUT2D eigenvalue weighted by atomic mass is 16.5. The third-order valence-electron chi connectivity index (χ3n) is 3.87. The molecule has 0 spiro atoms. The van der Waals surface area contributed by atoms with Crippen LogP contribution in [-0.4, -0.2) is 66.8 Å². The van der Waals surface area contributed by atoms with Gasteiger partial charge in [0.15, 0.2) is 0 Å². The maximum Gasteiger partial charge on any atom is 0.320 e. The number of methoxy groups -OCH3 is 1. The predicted molar refractivity (Wildman–Crippen MR) is 75.6 cm³/mol. The van der Waals surface area contributed by atoms with Gasteiger partial charge in [0.1, 0.15) is 0 Å². The summed E-state index contributed by atoms with van der Waals surface area (Å²) in [5, 5.41) is 8.93. The van der Waals surface area contributed by atoms with Gasteiger partial charge >= 0.3 is 12.0 Å². The lowest BCUT2D eigenvalue weighted by Gasteiger charge is -2.33. The minimum atomic E-state index is -0.886.